The topological polar surface area (TPSA) is 75.6 Å². The van der Waals surface area contributed by atoms with Crippen LogP contribution in [0.1, 0.15) is 18.1 Å². The fourth-order valence-electron chi connectivity index (χ4n) is 2.72. The monoisotopic (exact) mass is 383 g/mol. The molecule has 0 radical (unpaired) electrons. The Morgan fingerprint density at radius 1 is 1.00 bits per heavy atom. The number of carbonyl (C=O) groups excluding carboxylic acids is 1. The Labute approximate surface area is 163 Å². The summed E-state index contributed by atoms with van der Waals surface area (Å²) >= 11 is 0. The normalized spacial score (nSPS) is 14.5. The summed E-state index contributed by atoms with van der Waals surface area (Å²) in [5.74, 6) is 1.74. The average molecular weight is 383 g/mol. The standard InChI is InChI=1S/C21H21NO6/c1-5-27-15-8-6-13(7-9-15)10-16-21(23)28-20(22-16)14-11-17(24-2)19(26-4)18(12-14)25-3/h6-12H,5H2,1-4H3. The minimum absolute atomic E-state index is 0.168. The summed E-state index contributed by atoms with van der Waals surface area (Å²) in [7, 11) is 4.55. The van der Waals surface area contributed by atoms with Crippen LogP contribution in [0.5, 0.6) is 23.0 Å². The summed E-state index contributed by atoms with van der Waals surface area (Å²) in [5, 5.41) is 0. The van der Waals surface area contributed by atoms with Gasteiger partial charge in [0.1, 0.15) is 5.75 Å². The minimum atomic E-state index is -0.530. The number of hydrogen-bond acceptors (Lipinski definition) is 7. The van der Waals surface area contributed by atoms with E-state index in [9.17, 15) is 4.79 Å². The zero-order valence-corrected chi connectivity index (χ0v) is 16.1. The summed E-state index contributed by atoms with van der Waals surface area (Å²) < 4.78 is 26.7. The van der Waals surface area contributed by atoms with Crippen LogP contribution in [0.2, 0.25) is 0 Å². The van der Waals surface area contributed by atoms with Crippen LogP contribution >= 0.6 is 0 Å². The molecule has 0 unspecified atom stereocenters. The van der Waals surface area contributed by atoms with Crippen LogP contribution < -0.4 is 18.9 Å². The van der Waals surface area contributed by atoms with Gasteiger partial charge in [-0.05, 0) is 42.8 Å². The molecule has 0 fully saturated rings. The fourth-order valence-corrected chi connectivity index (χ4v) is 2.72. The largest absolute Gasteiger partial charge is 0.494 e. The lowest BCUT2D eigenvalue weighted by Gasteiger charge is -2.13. The molecule has 2 aromatic rings. The van der Waals surface area contributed by atoms with Crippen molar-refractivity contribution in [1.29, 1.82) is 0 Å². The van der Waals surface area contributed by atoms with Gasteiger partial charge in [0.05, 0.1) is 27.9 Å². The van der Waals surface area contributed by atoms with Crippen LogP contribution in [0.25, 0.3) is 6.08 Å². The molecular weight excluding hydrogens is 362 g/mol. The van der Waals surface area contributed by atoms with Crippen LogP contribution in [0.15, 0.2) is 47.1 Å². The van der Waals surface area contributed by atoms with E-state index < -0.39 is 5.97 Å². The molecule has 0 saturated carbocycles. The van der Waals surface area contributed by atoms with Gasteiger partial charge in [-0.2, -0.15) is 0 Å². The van der Waals surface area contributed by atoms with E-state index in [1.165, 1.54) is 21.3 Å². The second-order valence-electron chi connectivity index (χ2n) is 5.75. The van der Waals surface area contributed by atoms with Crippen molar-refractivity contribution in [2.24, 2.45) is 4.99 Å². The maximum atomic E-state index is 12.2. The van der Waals surface area contributed by atoms with E-state index in [1.54, 1.807) is 18.2 Å². The van der Waals surface area contributed by atoms with Gasteiger partial charge in [-0.1, -0.05) is 12.1 Å². The number of benzene rings is 2. The molecule has 0 bridgehead atoms. The molecule has 7 nitrogen and oxygen atoms in total. The van der Waals surface area contributed by atoms with Gasteiger partial charge in [0, 0.05) is 5.56 Å². The molecule has 0 atom stereocenters. The van der Waals surface area contributed by atoms with E-state index in [2.05, 4.69) is 4.99 Å². The Morgan fingerprint density at radius 2 is 1.64 bits per heavy atom. The van der Waals surface area contributed by atoms with Crippen molar-refractivity contribution in [3.63, 3.8) is 0 Å². The van der Waals surface area contributed by atoms with Crippen LogP contribution in [-0.4, -0.2) is 39.8 Å². The highest BCUT2D eigenvalue weighted by Crippen LogP contribution is 2.39. The van der Waals surface area contributed by atoms with Crippen LogP contribution in [0.3, 0.4) is 0 Å². The lowest BCUT2D eigenvalue weighted by molar-refractivity contribution is -0.129. The van der Waals surface area contributed by atoms with Crippen molar-refractivity contribution in [2.75, 3.05) is 27.9 Å². The van der Waals surface area contributed by atoms with E-state index in [0.29, 0.717) is 29.4 Å². The molecule has 1 heterocycles. The number of cyclic esters (lactones) is 1. The highest BCUT2D eigenvalue weighted by molar-refractivity contribution is 6.13. The molecule has 0 aliphatic carbocycles. The van der Waals surface area contributed by atoms with Crippen molar-refractivity contribution < 1.29 is 28.5 Å². The van der Waals surface area contributed by atoms with E-state index in [4.69, 9.17) is 23.7 Å². The van der Waals surface area contributed by atoms with Gasteiger partial charge in [-0.25, -0.2) is 9.79 Å². The zero-order valence-electron chi connectivity index (χ0n) is 16.1. The Balaban J connectivity index is 1.93. The molecule has 1 aliphatic rings. The number of hydrogen-bond donors (Lipinski definition) is 0. The van der Waals surface area contributed by atoms with Gasteiger partial charge < -0.3 is 23.7 Å². The van der Waals surface area contributed by atoms with Crippen molar-refractivity contribution in [1.82, 2.24) is 0 Å². The molecule has 146 valence electrons. The summed E-state index contributed by atoms with van der Waals surface area (Å²) in [6, 6.07) is 10.7. The van der Waals surface area contributed by atoms with E-state index >= 15 is 0 Å². The lowest BCUT2D eigenvalue weighted by Crippen LogP contribution is -2.06. The number of ether oxygens (including phenoxy) is 5. The van der Waals surface area contributed by atoms with Gasteiger partial charge in [0.25, 0.3) is 0 Å². The molecule has 0 aromatic heterocycles. The number of nitrogens with zero attached hydrogens (tertiary/aromatic N) is 1. The van der Waals surface area contributed by atoms with Crippen LogP contribution in [-0.2, 0) is 9.53 Å². The second kappa shape index (κ2) is 8.47. The van der Waals surface area contributed by atoms with Crippen molar-refractivity contribution in [3.05, 3.63) is 53.2 Å². The number of esters is 1. The van der Waals surface area contributed by atoms with E-state index in [0.717, 1.165) is 11.3 Å². The molecule has 7 heteroatoms. The first-order valence-corrected chi connectivity index (χ1v) is 8.65. The molecule has 0 N–H and O–H groups in total. The Morgan fingerprint density at radius 3 is 2.18 bits per heavy atom. The SMILES string of the molecule is CCOc1ccc(C=C2N=C(c3cc(OC)c(OC)c(OC)c3)OC2=O)cc1. The highest BCUT2D eigenvalue weighted by Gasteiger charge is 2.26. The number of aliphatic imine (C=N–C) groups is 1. The van der Waals surface area contributed by atoms with Crippen LogP contribution in [0.4, 0.5) is 0 Å². The smallest absolute Gasteiger partial charge is 0.363 e. The van der Waals surface area contributed by atoms with Gasteiger partial charge in [0.2, 0.25) is 11.6 Å². The average Bonchev–Trinajstić information content (AvgIpc) is 3.08. The predicted octanol–water partition coefficient (Wildman–Crippen LogP) is 3.46. The zero-order chi connectivity index (χ0) is 20.1. The summed E-state index contributed by atoms with van der Waals surface area (Å²) in [5.41, 5.74) is 1.55. The summed E-state index contributed by atoms with van der Waals surface area (Å²) in [6.45, 7) is 2.51. The predicted molar refractivity (Wildman–Crippen MR) is 104 cm³/mol. The lowest BCUT2D eigenvalue weighted by atomic mass is 10.1. The maximum absolute atomic E-state index is 12.2. The van der Waals surface area contributed by atoms with Crippen molar-refractivity contribution in [3.8, 4) is 23.0 Å². The van der Waals surface area contributed by atoms with Gasteiger partial charge in [-0.15, -0.1) is 0 Å². The maximum Gasteiger partial charge on any atom is 0.363 e. The third kappa shape index (κ3) is 3.93. The Kier molecular flexibility index (Phi) is 5.84. The Bertz CT molecular complexity index is 905. The summed E-state index contributed by atoms with van der Waals surface area (Å²) in [6.07, 6.45) is 1.66. The first-order chi connectivity index (χ1) is 13.6. The quantitative estimate of drug-likeness (QED) is 0.538. The highest BCUT2D eigenvalue weighted by atomic mass is 16.6. The number of carbonyl (C=O) groups is 1. The first-order valence-electron chi connectivity index (χ1n) is 8.65. The number of methoxy groups -OCH3 is 3. The van der Waals surface area contributed by atoms with Crippen LogP contribution in [0, 0.1) is 0 Å². The third-order valence-corrected chi connectivity index (χ3v) is 4.03. The van der Waals surface area contributed by atoms with Crippen molar-refractivity contribution >= 4 is 17.9 Å². The number of rotatable bonds is 7. The van der Waals surface area contributed by atoms with Gasteiger partial charge in [0.15, 0.2) is 17.2 Å². The fraction of sp³-hybridized carbons (Fsp3) is 0.238. The molecule has 28 heavy (non-hydrogen) atoms. The van der Waals surface area contributed by atoms with Gasteiger partial charge in [-0.3, -0.25) is 0 Å². The Hall–Kier alpha value is -3.48. The minimum Gasteiger partial charge on any atom is -0.494 e. The molecule has 3 rings (SSSR count). The summed E-state index contributed by atoms with van der Waals surface area (Å²) in [4.78, 5) is 16.6. The molecule has 0 saturated heterocycles. The molecule has 0 spiro atoms. The molecule has 1 aliphatic heterocycles. The van der Waals surface area contributed by atoms with Gasteiger partial charge >= 0.3 is 5.97 Å². The second-order valence-corrected chi connectivity index (χ2v) is 5.75. The first kappa shape index (κ1) is 19.3. The molecular formula is C21H21NO6. The molecule has 0 amide bonds. The van der Waals surface area contributed by atoms with E-state index in [1.807, 2.05) is 31.2 Å². The van der Waals surface area contributed by atoms with E-state index in [-0.39, 0.29) is 11.6 Å². The van der Waals surface area contributed by atoms with Crippen molar-refractivity contribution in [2.45, 2.75) is 6.92 Å². The third-order valence-electron chi connectivity index (χ3n) is 4.03. The molecule has 2 aromatic carbocycles.